The summed E-state index contributed by atoms with van der Waals surface area (Å²) in [6, 6.07) is 28.1. The molecular formula is C33H35F3N2O6. The normalized spacial score (nSPS) is 21.0. The van der Waals surface area contributed by atoms with Gasteiger partial charge in [0.05, 0.1) is 13.1 Å². The molecule has 44 heavy (non-hydrogen) atoms. The van der Waals surface area contributed by atoms with Gasteiger partial charge in [0.2, 0.25) is 5.60 Å². The van der Waals surface area contributed by atoms with Crippen LogP contribution in [0, 0.1) is 5.92 Å². The summed E-state index contributed by atoms with van der Waals surface area (Å²) in [5.41, 5.74) is 0.266. The van der Waals surface area contributed by atoms with E-state index in [1.807, 2.05) is 30.3 Å². The Balaban J connectivity index is 0.000000566. The van der Waals surface area contributed by atoms with Crippen LogP contribution in [-0.4, -0.2) is 72.4 Å². The monoisotopic (exact) mass is 612 g/mol. The summed E-state index contributed by atoms with van der Waals surface area (Å²) in [6.07, 6.45) is -2.91. The van der Waals surface area contributed by atoms with Gasteiger partial charge in [0.15, 0.2) is 12.6 Å². The Kier molecular flexibility index (Phi) is 10.4. The Labute approximate surface area is 253 Å². The van der Waals surface area contributed by atoms with E-state index in [1.165, 1.54) is 5.56 Å². The number of alkyl halides is 3. The molecule has 234 valence electrons. The summed E-state index contributed by atoms with van der Waals surface area (Å²) >= 11 is 0. The smallest absolute Gasteiger partial charge is 0.430 e. The van der Waals surface area contributed by atoms with E-state index in [9.17, 15) is 27.9 Å². The second-order valence-corrected chi connectivity index (χ2v) is 11.2. The molecule has 0 unspecified atom stereocenters. The van der Waals surface area contributed by atoms with Crippen LogP contribution >= 0.6 is 0 Å². The minimum Gasteiger partial charge on any atom is -0.542 e. The second-order valence-electron chi connectivity index (χ2n) is 11.2. The first-order valence-electron chi connectivity index (χ1n) is 14.4. The predicted octanol–water partition coefficient (Wildman–Crippen LogP) is 2.73. The molecule has 3 aromatic rings. The highest BCUT2D eigenvalue weighted by Crippen LogP contribution is 2.38. The number of carbonyl (C=O) groups is 3. The molecule has 8 nitrogen and oxygen atoms in total. The van der Waals surface area contributed by atoms with Crippen molar-refractivity contribution in [2.45, 2.75) is 37.1 Å². The first-order valence-corrected chi connectivity index (χ1v) is 14.4. The van der Waals surface area contributed by atoms with E-state index < -0.39 is 23.7 Å². The largest absolute Gasteiger partial charge is 0.542 e. The van der Waals surface area contributed by atoms with Crippen molar-refractivity contribution in [2.24, 2.45) is 5.92 Å². The van der Waals surface area contributed by atoms with E-state index in [4.69, 9.17) is 14.6 Å². The number of aliphatic hydroxyl groups is 1. The van der Waals surface area contributed by atoms with Gasteiger partial charge in [-0.3, -0.25) is 4.79 Å². The number of hydrogen-bond donors (Lipinski definition) is 2. The number of halogens is 3. The number of carbonyl (C=O) groups excluding carboxylic acids is 3. The summed E-state index contributed by atoms with van der Waals surface area (Å²) < 4.78 is 38.3. The molecule has 2 N–H and O–H groups in total. The Morgan fingerprint density at radius 3 is 1.82 bits per heavy atom. The molecule has 3 heterocycles. The first kappa shape index (κ1) is 32.7. The SMILES string of the molecule is O=C(C[N+]12CCC(CC1)[C@@H](OC(=O)C(O)(c1ccccc1)c1ccccc1)C2)NCCc1ccccc1.O=C([O-])C(F)(F)F. The lowest BCUT2D eigenvalue weighted by Gasteiger charge is -2.51. The van der Waals surface area contributed by atoms with Crippen molar-refractivity contribution < 1.29 is 47.0 Å². The van der Waals surface area contributed by atoms with Gasteiger partial charge in [0, 0.05) is 25.3 Å². The maximum Gasteiger partial charge on any atom is 0.430 e. The van der Waals surface area contributed by atoms with Gasteiger partial charge in [-0.05, 0) is 23.1 Å². The molecule has 3 saturated heterocycles. The zero-order valence-electron chi connectivity index (χ0n) is 24.0. The molecule has 1 amide bonds. The minimum absolute atomic E-state index is 0.0337. The molecule has 1 atom stereocenters. The highest BCUT2D eigenvalue weighted by atomic mass is 19.4. The van der Waals surface area contributed by atoms with Gasteiger partial charge in [0.1, 0.15) is 12.5 Å². The fourth-order valence-electron chi connectivity index (χ4n) is 5.91. The van der Waals surface area contributed by atoms with Crippen molar-refractivity contribution in [2.75, 3.05) is 32.7 Å². The zero-order chi connectivity index (χ0) is 31.8. The number of quaternary nitrogens is 1. The minimum atomic E-state index is -5.19. The number of carboxylic acids is 1. The standard InChI is InChI=1S/C31H34N2O4.C2HF3O2/c34-29(32-19-16-24-10-4-1-5-11-24)23-33-20-17-25(18-21-33)28(22-33)37-30(35)31(36,26-12-6-2-7-13-26)27-14-8-3-9-15-27;3-2(4,5)1(6)7/h1-15,25,28,36H,16-23H2;(H,6,7)/t25?,28-,33?;/m0./s1. The van der Waals surface area contributed by atoms with Gasteiger partial charge in [0.25, 0.3) is 5.91 Å². The van der Waals surface area contributed by atoms with Crippen LogP contribution < -0.4 is 10.4 Å². The molecule has 2 bridgehead atoms. The number of rotatable bonds is 9. The van der Waals surface area contributed by atoms with E-state index in [0.717, 1.165) is 32.4 Å². The van der Waals surface area contributed by atoms with Crippen LogP contribution in [0.25, 0.3) is 0 Å². The highest BCUT2D eigenvalue weighted by molar-refractivity contribution is 5.85. The van der Waals surface area contributed by atoms with Crippen molar-refractivity contribution in [1.82, 2.24) is 5.32 Å². The third-order valence-electron chi connectivity index (χ3n) is 8.27. The average molecular weight is 613 g/mol. The van der Waals surface area contributed by atoms with Crippen molar-refractivity contribution in [3.8, 4) is 0 Å². The summed E-state index contributed by atoms with van der Waals surface area (Å²) in [5, 5.41) is 23.6. The lowest BCUT2D eigenvalue weighted by atomic mass is 9.82. The second kappa shape index (κ2) is 14.0. The average Bonchev–Trinajstić information content (AvgIpc) is 3.02. The molecule has 0 spiro atoms. The number of nitrogens with one attached hydrogen (secondary N) is 1. The lowest BCUT2D eigenvalue weighted by molar-refractivity contribution is -0.939. The number of piperidine rings is 3. The summed E-state index contributed by atoms with van der Waals surface area (Å²) in [7, 11) is 0. The number of fused-ring (bicyclic) bond motifs is 3. The lowest BCUT2D eigenvalue weighted by Crippen LogP contribution is -2.67. The molecule has 3 aliphatic rings. The van der Waals surface area contributed by atoms with Gasteiger partial charge in [-0.25, -0.2) is 4.79 Å². The quantitative estimate of drug-likeness (QED) is 0.284. The molecule has 0 radical (unpaired) electrons. The van der Waals surface area contributed by atoms with Crippen LogP contribution in [0.3, 0.4) is 0 Å². The van der Waals surface area contributed by atoms with Crippen molar-refractivity contribution >= 4 is 17.8 Å². The van der Waals surface area contributed by atoms with E-state index in [2.05, 4.69) is 17.4 Å². The molecule has 0 saturated carbocycles. The molecule has 0 aliphatic carbocycles. The predicted molar refractivity (Wildman–Crippen MR) is 152 cm³/mol. The van der Waals surface area contributed by atoms with Crippen molar-refractivity contribution in [3.63, 3.8) is 0 Å². The number of carboxylic acid groups (broad SMARTS) is 1. The van der Waals surface area contributed by atoms with Crippen LogP contribution in [0.1, 0.15) is 29.5 Å². The van der Waals surface area contributed by atoms with Crippen LogP contribution in [0.15, 0.2) is 91.0 Å². The first-order chi connectivity index (χ1) is 20.9. The molecule has 6 rings (SSSR count). The summed E-state index contributed by atoms with van der Waals surface area (Å²) in [5.74, 6) is -3.38. The Morgan fingerprint density at radius 2 is 1.34 bits per heavy atom. The number of amides is 1. The maximum atomic E-state index is 13.7. The number of benzene rings is 3. The summed E-state index contributed by atoms with van der Waals surface area (Å²) in [6.45, 7) is 3.41. The van der Waals surface area contributed by atoms with Crippen LogP contribution in [-0.2, 0) is 31.1 Å². The topological polar surface area (TPSA) is 116 Å². The van der Waals surface area contributed by atoms with Gasteiger partial charge in [-0.15, -0.1) is 0 Å². The van der Waals surface area contributed by atoms with Crippen LogP contribution in [0.4, 0.5) is 13.2 Å². The number of nitrogens with zero attached hydrogens (tertiary/aromatic N) is 1. The Morgan fingerprint density at radius 1 is 0.864 bits per heavy atom. The van der Waals surface area contributed by atoms with Gasteiger partial charge in [-0.1, -0.05) is 91.0 Å². The van der Waals surface area contributed by atoms with Crippen molar-refractivity contribution in [1.29, 1.82) is 0 Å². The molecule has 3 aliphatic heterocycles. The van der Waals surface area contributed by atoms with Crippen LogP contribution in [0.2, 0.25) is 0 Å². The number of hydrogen-bond acceptors (Lipinski definition) is 6. The molecular weight excluding hydrogens is 577 g/mol. The van der Waals surface area contributed by atoms with Gasteiger partial charge >= 0.3 is 12.1 Å². The summed E-state index contributed by atoms with van der Waals surface area (Å²) in [4.78, 5) is 35.3. The van der Waals surface area contributed by atoms with Gasteiger partial charge in [-0.2, -0.15) is 13.2 Å². The molecule has 3 aromatic carbocycles. The number of esters is 1. The van der Waals surface area contributed by atoms with E-state index in [0.29, 0.717) is 35.2 Å². The highest BCUT2D eigenvalue weighted by Gasteiger charge is 2.51. The van der Waals surface area contributed by atoms with Gasteiger partial charge < -0.3 is 29.5 Å². The third-order valence-corrected chi connectivity index (χ3v) is 8.27. The fourth-order valence-corrected chi connectivity index (χ4v) is 5.91. The van der Waals surface area contributed by atoms with Crippen LogP contribution in [0.5, 0.6) is 0 Å². The third kappa shape index (κ3) is 8.03. The zero-order valence-corrected chi connectivity index (χ0v) is 24.0. The Hall–Kier alpha value is -4.22. The maximum absolute atomic E-state index is 13.7. The number of ether oxygens (including phenoxy) is 1. The van der Waals surface area contributed by atoms with Crippen molar-refractivity contribution in [3.05, 3.63) is 108 Å². The van der Waals surface area contributed by atoms with E-state index in [-0.39, 0.29) is 17.9 Å². The molecule has 11 heteroatoms. The number of aliphatic carboxylic acids is 1. The fraction of sp³-hybridized carbons (Fsp3) is 0.364. The Bertz CT molecular complexity index is 1360. The molecule has 3 fully saturated rings. The van der Waals surface area contributed by atoms with E-state index >= 15 is 0 Å². The molecule has 0 aromatic heterocycles. The van der Waals surface area contributed by atoms with E-state index in [1.54, 1.807) is 48.5 Å².